The lowest BCUT2D eigenvalue weighted by molar-refractivity contribution is -0.169. The maximum Gasteiger partial charge on any atom is 0.330 e. The van der Waals surface area contributed by atoms with E-state index in [-0.39, 0.29) is 6.61 Å². The molecule has 0 spiro atoms. The van der Waals surface area contributed by atoms with Gasteiger partial charge < -0.3 is 14.5 Å². The summed E-state index contributed by atoms with van der Waals surface area (Å²) in [6.45, 7) is 1.64. The Hall–Kier alpha value is -1.08. The van der Waals surface area contributed by atoms with Gasteiger partial charge in [-0.3, -0.25) is 0 Å². The summed E-state index contributed by atoms with van der Waals surface area (Å²) >= 11 is 0. The van der Waals surface area contributed by atoms with Gasteiger partial charge in [-0.25, -0.2) is 8.78 Å². The Bertz CT molecular complexity index is 355. The van der Waals surface area contributed by atoms with E-state index in [0.29, 0.717) is 18.1 Å². The topological polar surface area (TPSA) is 34.4 Å². The Labute approximate surface area is 102 Å². The molecule has 0 amide bonds. The van der Waals surface area contributed by atoms with Crippen LogP contribution in [-0.4, -0.2) is 25.5 Å². The first-order chi connectivity index (χ1) is 8.45. The van der Waals surface area contributed by atoms with E-state index in [9.17, 15) is 17.6 Å². The van der Waals surface area contributed by atoms with E-state index in [0.717, 1.165) is 6.54 Å². The summed E-state index contributed by atoms with van der Waals surface area (Å²) in [5.41, 5.74) is 0. The quantitative estimate of drug-likeness (QED) is 0.737. The second-order valence-corrected chi connectivity index (χ2v) is 3.70. The van der Waals surface area contributed by atoms with E-state index in [1.807, 2.05) is 6.92 Å². The van der Waals surface area contributed by atoms with E-state index < -0.39 is 19.0 Å². The van der Waals surface area contributed by atoms with Crippen LogP contribution in [0.25, 0.3) is 0 Å². The maximum absolute atomic E-state index is 12.5. The fraction of sp³-hybridized carbons (Fsp3) is 0.636. The Morgan fingerprint density at radius 1 is 1.33 bits per heavy atom. The van der Waals surface area contributed by atoms with Crippen molar-refractivity contribution >= 4 is 0 Å². The van der Waals surface area contributed by atoms with Crippen molar-refractivity contribution in [2.24, 2.45) is 0 Å². The van der Waals surface area contributed by atoms with Gasteiger partial charge in [-0.05, 0) is 18.7 Å². The van der Waals surface area contributed by atoms with E-state index in [1.54, 1.807) is 12.1 Å². The van der Waals surface area contributed by atoms with Crippen molar-refractivity contribution in [1.29, 1.82) is 0 Å². The van der Waals surface area contributed by atoms with Gasteiger partial charge in [0.1, 0.15) is 24.7 Å². The molecule has 0 aromatic carbocycles. The standard InChI is InChI=1S/C11H15F4NO2/c1-2-16-5-8-3-4-9(18-8)6-17-7-11(14,15)10(12)13/h3-4,10,16H,2,5-7H2,1H3. The largest absolute Gasteiger partial charge is 0.462 e. The number of halogens is 4. The van der Waals surface area contributed by atoms with Gasteiger partial charge >= 0.3 is 12.3 Å². The molecule has 0 aliphatic rings. The summed E-state index contributed by atoms with van der Waals surface area (Å²) in [6.07, 6.45) is -3.72. The molecule has 0 fully saturated rings. The predicted molar refractivity (Wildman–Crippen MR) is 56.7 cm³/mol. The fourth-order valence-corrected chi connectivity index (χ4v) is 1.19. The summed E-state index contributed by atoms with van der Waals surface area (Å²) in [4.78, 5) is 0. The predicted octanol–water partition coefficient (Wildman–Crippen LogP) is 2.81. The molecule has 1 aromatic heterocycles. The molecule has 1 aromatic rings. The van der Waals surface area contributed by atoms with Gasteiger partial charge in [0.15, 0.2) is 0 Å². The van der Waals surface area contributed by atoms with E-state index in [4.69, 9.17) is 4.42 Å². The van der Waals surface area contributed by atoms with Gasteiger partial charge in [0.25, 0.3) is 0 Å². The highest BCUT2D eigenvalue weighted by molar-refractivity contribution is 5.06. The van der Waals surface area contributed by atoms with E-state index >= 15 is 0 Å². The first kappa shape index (κ1) is 15.0. The van der Waals surface area contributed by atoms with Crippen LogP contribution < -0.4 is 5.32 Å². The molecule has 0 radical (unpaired) electrons. The fourth-order valence-electron chi connectivity index (χ4n) is 1.19. The third-order valence-corrected chi connectivity index (χ3v) is 2.12. The number of hydrogen-bond acceptors (Lipinski definition) is 3. The molecule has 1 heterocycles. The van der Waals surface area contributed by atoms with Crippen LogP contribution in [0.15, 0.2) is 16.5 Å². The maximum atomic E-state index is 12.5. The van der Waals surface area contributed by atoms with Crippen LogP contribution in [0.4, 0.5) is 17.6 Å². The Kier molecular flexibility index (Phi) is 5.61. The normalized spacial score (nSPS) is 12.3. The van der Waals surface area contributed by atoms with Gasteiger partial charge in [0, 0.05) is 0 Å². The number of rotatable bonds is 8. The first-order valence-corrected chi connectivity index (χ1v) is 5.47. The van der Waals surface area contributed by atoms with Gasteiger partial charge in [0.2, 0.25) is 0 Å². The molecule has 3 nitrogen and oxygen atoms in total. The molecule has 0 unspecified atom stereocenters. The van der Waals surface area contributed by atoms with Gasteiger partial charge in [-0.15, -0.1) is 0 Å². The Balaban J connectivity index is 2.33. The lowest BCUT2D eigenvalue weighted by Crippen LogP contribution is -2.32. The summed E-state index contributed by atoms with van der Waals surface area (Å²) in [5.74, 6) is -3.16. The van der Waals surface area contributed by atoms with Crippen molar-refractivity contribution in [2.75, 3.05) is 13.2 Å². The highest BCUT2D eigenvalue weighted by Gasteiger charge is 2.40. The molecular weight excluding hydrogens is 254 g/mol. The second kappa shape index (κ2) is 6.75. The summed E-state index contributed by atoms with van der Waals surface area (Å²) in [6, 6.07) is 3.24. The lowest BCUT2D eigenvalue weighted by Gasteiger charge is -2.14. The second-order valence-electron chi connectivity index (χ2n) is 3.70. The molecule has 0 bridgehead atoms. The Morgan fingerprint density at radius 3 is 2.61 bits per heavy atom. The highest BCUT2D eigenvalue weighted by Crippen LogP contribution is 2.23. The molecule has 0 atom stereocenters. The molecule has 7 heteroatoms. The average molecular weight is 269 g/mol. The zero-order chi connectivity index (χ0) is 13.6. The van der Waals surface area contributed by atoms with E-state index in [2.05, 4.69) is 10.1 Å². The molecular formula is C11H15F4NO2. The molecule has 0 saturated carbocycles. The molecule has 0 saturated heterocycles. The summed E-state index contributed by atoms with van der Waals surface area (Å²) in [5, 5.41) is 3.02. The van der Waals surface area contributed by atoms with Crippen molar-refractivity contribution in [2.45, 2.75) is 32.4 Å². The zero-order valence-electron chi connectivity index (χ0n) is 9.89. The van der Waals surface area contributed by atoms with Crippen molar-refractivity contribution in [1.82, 2.24) is 5.32 Å². The van der Waals surface area contributed by atoms with Crippen LogP contribution in [0, 0.1) is 0 Å². The minimum atomic E-state index is -4.13. The third-order valence-electron chi connectivity index (χ3n) is 2.12. The molecule has 1 rings (SSSR count). The number of nitrogens with one attached hydrogen (secondary N) is 1. The molecule has 0 aliphatic heterocycles. The van der Waals surface area contributed by atoms with Crippen molar-refractivity contribution < 1.29 is 26.7 Å². The first-order valence-electron chi connectivity index (χ1n) is 5.47. The van der Waals surface area contributed by atoms with Crippen molar-refractivity contribution in [3.63, 3.8) is 0 Å². The van der Waals surface area contributed by atoms with E-state index in [1.165, 1.54) is 0 Å². The van der Waals surface area contributed by atoms with Crippen LogP contribution >= 0.6 is 0 Å². The SMILES string of the molecule is CCNCc1ccc(COCC(F)(F)C(F)F)o1. The number of alkyl halides is 4. The smallest absolute Gasteiger partial charge is 0.330 e. The molecule has 18 heavy (non-hydrogen) atoms. The number of ether oxygens (including phenoxy) is 1. The molecule has 1 N–H and O–H groups in total. The van der Waals surface area contributed by atoms with Gasteiger partial charge in [-0.2, -0.15) is 8.78 Å². The van der Waals surface area contributed by atoms with Crippen LogP contribution in [-0.2, 0) is 17.9 Å². The van der Waals surface area contributed by atoms with Gasteiger partial charge in [-0.1, -0.05) is 6.92 Å². The minimum Gasteiger partial charge on any atom is -0.462 e. The van der Waals surface area contributed by atoms with Crippen molar-refractivity contribution in [3.05, 3.63) is 23.7 Å². The van der Waals surface area contributed by atoms with Crippen molar-refractivity contribution in [3.8, 4) is 0 Å². The third kappa shape index (κ3) is 4.66. The van der Waals surface area contributed by atoms with Crippen LogP contribution in [0.1, 0.15) is 18.4 Å². The minimum absolute atomic E-state index is 0.256. The summed E-state index contributed by atoms with van der Waals surface area (Å²) < 4.78 is 58.4. The van der Waals surface area contributed by atoms with Gasteiger partial charge in [0.05, 0.1) is 6.54 Å². The zero-order valence-corrected chi connectivity index (χ0v) is 9.89. The highest BCUT2D eigenvalue weighted by atomic mass is 19.3. The van der Waals surface area contributed by atoms with Crippen LogP contribution in [0.3, 0.4) is 0 Å². The summed E-state index contributed by atoms with van der Waals surface area (Å²) in [7, 11) is 0. The molecule has 0 aliphatic carbocycles. The Morgan fingerprint density at radius 2 is 2.00 bits per heavy atom. The average Bonchev–Trinajstić information content (AvgIpc) is 2.74. The lowest BCUT2D eigenvalue weighted by atomic mass is 10.4. The van der Waals surface area contributed by atoms with Crippen LogP contribution in [0.2, 0.25) is 0 Å². The monoisotopic (exact) mass is 269 g/mol. The number of hydrogen-bond donors (Lipinski definition) is 1. The molecule has 104 valence electrons. The number of furan rings is 1. The van der Waals surface area contributed by atoms with Crippen LogP contribution in [0.5, 0.6) is 0 Å².